The van der Waals surface area contributed by atoms with Crippen LogP contribution in [0.5, 0.6) is 5.75 Å². The molecule has 1 aliphatic rings. The number of nitrogens with one attached hydrogen (secondary N) is 1. The van der Waals surface area contributed by atoms with Crippen LogP contribution in [-0.4, -0.2) is 26.6 Å². The van der Waals surface area contributed by atoms with E-state index in [-0.39, 0.29) is 29.2 Å². The molecule has 0 radical (unpaired) electrons. The van der Waals surface area contributed by atoms with Crippen LogP contribution < -0.4 is 10.1 Å². The number of ether oxygens (including phenoxy) is 1. The molecule has 1 aliphatic heterocycles. The van der Waals surface area contributed by atoms with Gasteiger partial charge in [-0.2, -0.15) is 0 Å². The Labute approximate surface area is 134 Å². The Kier molecular flexibility index (Phi) is 4.68. The van der Waals surface area contributed by atoms with Crippen molar-refractivity contribution in [3.8, 4) is 5.75 Å². The number of benzene rings is 1. The number of β-lactam (4-membered cyclic amide) rings is 1. The van der Waals surface area contributed by atoms with Gasteiger partial charge in [0.25, 0.3) is 0 Å². The van der Waals surface area contributed by atoms with Crippen molar-refractivity contribution >= 4 is 14.2 Å². The van der Waals surface area contributed by atoms with E-state index >= 15 is 0 Å². The summed E-state index contributed by atoms with van der Waals surface area (Å²) < 4.78 is 12.2. The van der Waals surface area contributed by atoms with Gasteiger partial charge < -0.3 is 14.5 Å². The smallest absolute Gasteiger partial charge is 0.234 e. The summed E-state index contributed by atoms with van der Waals surface area (Å²) in [5.74, 6) is 0.512. The second kappa shape index (κ2) is 6.05. The van der Waals surface area contributed by atoms with E-state index in [1.807, 2.05) is 37.3 Å². The molecule has 1 aromatic rings. The van der Waals surface area contributed by atoms with Crippen molar-refractivity contribution in [3.63, 3.8) is 0 Å². The third-order valence-electron chi connectivity index (χ3n) is 4.71. The fraction of sp³-hybridized carbons (Fsp3) is 0.588. The summed E-state index contributed by atoms with van der Waals surface area (Å²) in [5, 5.41) is 2.94. The summed E-state index contributed by atoms with van der Waals surface area (Å²) in [6, 6.07) is 9.55. The third-order valence-corrected chi connectivity index (χ3v) is 9.29. The van der Waals surface area contributed by atoms with Gasteiger partial charge in [-0.3, -0.25) is 4.79 Å². The van der Waals surface area contributed by atoms with Gasteiger partial charge in [0.1, 0.15) is 11.7 Å². The Bertz CT molecular complexity index is 524. The molecule has 0 bridgehead atoms. The van der Waals surface area contributed by atoms with Crippen molar-refractivity contribution in [2.45, 2.75) is 58.2 Å². The molecule has 0 aromatic heterocycles. The molecule has 1 heterocycles. The van der Waals surface area contributed by atoms with E-state index in [1.165, 1.54) is 0 Å². The molecule has 1 aromatic carbocycles. The summed E-state index contributed by atoms with van der Waals surface area (Å²) in [4.78, 5) is 12.0. The molecule has 2 rings (SSSR count). The quantitative estimate of drug-likeness (QED) is 0.666. The van der Waals surface area contributed by atoms with Gasteiger partial charge in [0.05, 0.1) is 6.10 Å². The largest absolute Gasteiger partial charge is 0.470 e. The van der Waals surface area contributed by atoms with E-state index in [0.29, 0.717) is 0 Å². The van der Waals surface area contributed by atoms with Crippen molar-refractivity contribution < 1.29 is 14.0 Å². The number of hydrogen-bond donors (Lipinski definition) is 1. The zero-order chi connectivity index (χ0) is 16.5. The fourth-order valence-electron chi connectivity index (χ4n) is 2.29. The minimum Gasteiger partial charge on any atom is -0.470 e. The van der Waals surface area contributed by atoms with Gasteiger partial charge in [-0.15, -0.1) is 0 Å². The number of rotatable bonds is 5. The van der Waals surface area contributed by atoms with E-state index in [2.05, 4.69) is 39.2 Å². The van der Waals surface area contributed by atoms with E-state index in [0.717, 1.165) is 5.75 Å². The SMILES string of the molecule is C[C@@H](O[Si](C)(C)C(C)(C)C)[C@H]1C(=O)N[C@@H]1Oc1ccccc1. The molecule has 1 fully saturated rings. The van der Waals surface area contributed by atoms with E-state index < -0.39 is 8.32 Å². The topological polar surface area (TPSA) is 47.6 Å². The number of hydrogen-bond acceptors (Lipinski definition) is 3. The minimum atomic E-state index is -1.90. The summed E-state index contributed by atoms with van der Waals surface area (Å²) in [7, 11) is -1.90. The lowest BCUT2D eigenvalue weighted by atomic mass is 9.93. The van der Waals surface area contributed by atoms with Crippen molar-refractivity contribution in [1.82, 2.24) is 5.32 Å². The zero-order valence-electron chi connectivity index (χ0n) is 14.3. The monoisotopic (exact) mass is 321 g/mol. The lowest BCUT2D eigenvalue weighted by Gasteiger charge is -2.44. The molecule has 1 N–H and O–H groups in total. The molecule has 0 unspecified atom stereocenters. The summed E-state index contributed by atoms with van der Waals surface area (Å²) in [6.07, 6.45) is -0.460. The predicted octanol–water partition coefficient (Wildman–Crippen LogP) is 3.55. The number of para-hydroxylation sites is 1. The van der Waals surface area contributed by atoms with Crippen molar-refractivity contribution in [3.05, 3.63) is 30.3 Å². The van der Waals surface area contributed by atoms with Crippen LogP contribution in [0.25, 0.3) is 0 Å². The normalized spacial score (nSPS) is 23.5. The van der Waals surface area contributed by atoms with Gasteiger partial charge in [-0.1, -0.05) is 39.0 Å². The number of carbonyl (C=O) groups is 1. The van der Waals surface area contributed by atoms with Gasteiger partial charge in [0.15, 0.2) is 14.5 Å². The first-order valence-corrected chi connectivity index (χ1v) is 10.7. The predicted molar refractivity (Wildman–Crippen MR) is 90.2 cm³/mol. The second-order valence-corrected chi connectivity index (χ2v) is 12.2. The molecule has 4 nitrogen and oxygen atoms in total. The Morgan fingerprint density at radius 1 is 1.18 bits per heavy atom. The van der Waals surface area contributed by atoms with Gasteiger partial charge >= 0.3 is 0 Å². The zero-order valence-corrected chi connectivity index (χ0v) is 15.3. The Morgan fingerprint density at radius 2 is 1.77 bits per heavy atom. The van der Waals surface area contributed by atoms with Crippen molar-refractivity contribution in [1.29, 1.82) is 0 Å². The summed E-state index contributed by atoms with van der Waals surface area (Å²) >= 11 is 0. The highest BCUT2D eigenvalue weighted by molar-refractivity contribution is 6.74. The first kappa shape index (κ1) is 17.0. The van der Waals surface area contributed by atoms with E-state index in [1.54, 1.807) is 0 Å². The molecular weight excluding hydrogens is 294 g/mol. The first-order valence-electron chi connectivity index (χ1n) is 7.82. The van der Waals surface area contributed by atoms with Gasteiger partial charge in [0, 0.05) is 0 Å². The minimum absolute atomic E-state index is 0.00661. The van der Waals surface area contributed by atoms with Crippen molar-refractivity contribution in [2.75, 3.05) is 0 Å². The first-order chi connectivity index (χ1) is 10.1. The third kappa shape index (κ3) is 3.52. The van der Waals surface area contributed by atoms with Crippen LogP contribution in [0.15, 0.2) is 30.3 Å². The average molecular weight is 321 g/mol. The molecule has 0 spiro atoms. The number of carbonyl (C=O) groups excluding carboxylic acids is 1. The molecule has 0 aliphatic carbocycles. The van der Waals surface area contributed by atoms with Gasteiger partial charge in [-0.05, 0) is 37.2 Å². The molecule has 122 valence electrons. The molecule has 3 atom stereocenters. The van der Waals surface area contributed by atoms with Crippen LogP contribution >= 0.6 is 0 Å². The highest BCUT2D eigenvalue weighted by Gasteiger charge is 2.48. The van der Waals surface area contributed by atoms with Crippen molar-refractivity contribution in [2.24, 2.45) is 5.92 Å². The maximum Gasteiger partial charge on any atom is 0.234 e. The van der Waals surface area contributed by atoms with Crippen LogP contribution in [0.3, 0.4) is 0 Å². The Balaban J connectivity index is 2.02. The maximum absolute atomic E-state index is 12.0. The Morgan fingerprint density at radius 3 is 2.27 bits per heavy atom. The van der Waals surface area contributed by atoms with Gasteiger partial charge in [-0.25, -0.2) is 0 Å². The molecule has 22 heavy (non-hydrogen) atoms. The highest BCUT2D eigenvalue weighted by Crippen LogP contribution is 2.39. The highest BCUT2D eigenvalue weighted by atomic mass is 28.4. The summed E-state index contributed by atoms with van der Waals surface area (Å²) in [6.45, 7) is 13.0. The standard InChI is InChI=1S/C17H27NO3Si/c1-12(21-22(5,6)17(2,3)4)14-15(19)18-16(14)20-13-10-8-7-9-11-13/h7-12,14,16H,1-6H3,(H,18,19)/t12-,14+,16-/m1/s1. The van der Waals surface area contributed by atoms with Crippen LogP contribution in [0.1, 0.15) is 27.7 Å². The average Bonchev–Trinajstić information content (AvgIpc) is 2.36. The molecule has 0 saturated carbocycles. The lowest BCUT2D eigenvalue weighted by molar-refractivity contribution is -0.151. The van der Waals surface area contributed by atoms with Crippen LogP contribution in [0, 0.1) is 5.92 Å². The lowest BCUT2D eigenvalue weighted by Crippen LogP contribution is -2.66. The fourth-order valence-corrected chi connectivity index (χ4v) is 3.72. The van der Waals surface area contributed by atoms with Crippen LogP contribution in [0.4, 0.5) is 0 Å². The maximum atomic E-state index is 12.0. The number of amides is 1. The van der Waals surface area contributed by atoms with E-state index in [4.69, 9.17) is 9.16 Å². The van der Waals surface area contributed by atoms with Gasteiger partial charge in [0.2, 0.25) is 5.91 Å². The van der Waals surface area contributed by atoms with E-state index in [9.17, 15) is 4.79 Å². The second-order valence-electron chi connectivity index (χ2n) is 7.47. The summed E-state index contributed by atoms with van der Waals surface area (Å²) in [5.41, 5.74) is 0. The Hall–Kier alpha value is -1.33. The molecule has 5 heteroatoms. The molecule has 1 amide bonds. The molecule has 1 saturated heterocycles. The van der Waals surface area contributed by atoms with Crippen LogP contribution in [0.2, 0.25) is 18.1 Å². The van der Waals surface area contributed by atoms with Crippen LogP contribution in [-0.2, 0) is 9.22 Å². The molecular formula is C17H27NO3Si.